The zero-order valence-corrected chi connectivity index (χ0v) is 11.1. The van der Waals surface area contributed by atoms with E-state index in [9.17, 15) is 9.59 Å². The van der Waals surface area contributed by atoms with Gasteiger partial charge in [0.15, 0.2) is 0 Å². The Hall–Kier alpha value is -1.88. The van der Waals surface area contributed by atoms with Crippen molar-refractivity contribution >= 4 is 17.6 Å². The van der Waals surface area contributed by atoms with Crippen molar-refractivity contribution in [3.8, 4) is 0 Å². The maximum atomic E-state index is 12.5. The first-order chi connectivity index (χ1) is 9.66. The van der Waals surface area contributed by atoms with Crippen LogP contribution in [0, 0.1) is 0 Å². The summed E-state index contributed by atoms with van der Waals surface area (Å²) in [6, 6.07) is 7.54. The summed E-state index contributed by atoms with van der Waals surface area (Å²) in [4.78, 5) is 25.2. The molecule has 20 heavy (non-hydrogen) atoms. The van der Waals surface area contributed by atoms with Crippen LogP contribution in [-0.4, -0.2) is 36.2 Å². The number of rotatable bonds is 3. The fourth-order valence-electron chi connectivity index (χ4n) is 3.04. The second-order valence-corrected chi connectivity index (χ2v) is 5.30. The Bertz CT molecular complexity index is 536. The van der Waals surface area contributed by atoms with Gasteiger partial charge in [-0.25, -0.2) is 0 Å². The fourth-order valence-corrected chi connectivity index (χ4v) is 3.04. The van der Waals surface area contributed by atoms with E-state index in [1.807, 2.05) is 24.3 Å². The number of aliphatic carboxylic acids is 1. The molecule has 0 saturated carbocycles. The molecule has 2 heterocycles. The molecule has 106 valence electrons. The lowest BCUT2D eigenvalue weighted by Gasteiger charge is -2.21. The minimum Gasteiger partial charge on any atom is -0.481 e. The minimum absolute atomic E-state index is 0.0390. The van der Waals surface area contributed by atoms with Gasteiger partial charge in [0.05, 0.1) is 6.42 Å². The Labute approximate surface area is 117 Å². The molecule has 2 aliphatic rings. The predicted octanol–water partition coefficient (Wildman–Crippen LogP) is 1.77. The third kappa shape index (κ3) is 2.29. The molecule has 0 aromatic heterocycles. The summed E-state index contributed by atoms with van der Waals surface area (Å²) >= 11 is 0. The summed E-state index contributed by atoms with van der Waals surface area (Å²) in [6.07, 6.45) is 1.34. The average Bonchev–Trinajstić information content (AvgIpc) is 3.06. The molecule has 1 unspecified atom stereocenters. The number of para-hydroxylation sites is 1. The molecule has 1 N–H and O–H groups in total. The van der Waals surface area contributed by atoms with Gasteiger partial charge in [-0.05, 0) is 24.5 Å². The van der Waals surface area contributed by atoms with E-state index in [0.717, 1.165) is 24.1 Å². The Morgan fingerprint density at radius 1 is 1.35 bits per heavy atom. The Morgan fingerprint density at radius 3 is 2.85 bits per heavy atom. The van der Waals surface area contributed by atoms with Gasteiger partial charge in [0.2, 0.25) is 0 Å². The zero-order valence-electron chi connectivity index (χ0n) is 11.1. The monoisotopic (exact) mass is 275 g/mol. The van der Waals surface area contributed by atoms with Crippen molar-refractivity contribution in [3.63, 3.8) is 0 Å². The number of carboxylic acids is 1. The maximum Gasteiger partial charge on any atom is 0.304 e. The molecule has 5 nitrogen and oxygen atoms in total. The second-order valence-electron chi connectivity index (χ2n) is 5.30. The van der Waals surface area contributed by atoms with Crippen LogP contribution < -0.4 is 4.90 Å². The highest BCUT2D eigenvalue weighted by molar-refractivity contribution is 5.99. The number of nitrogens with zero attached hydrogens (tertiary/aromatic N) is 1. The summed E-state index contributed by atoms with van der Waals surface area (Å²) in [7, 11) is 0. The number of carbonyl (C=O) groups excluding carboxylic acids is 1. The van der Waals surface area contributed by atoms with Crippen LogP contribution in [0.25, 0.3) is 0 Å². The highest BCUT2D eigenvalue weighted by Gasteiger charge is 2.37. The van der Waals surface area contributed by atoms with E-state index >= 15 is 0 Å². The molecule has 0 aliphatic carbocycles. The highest BCUT2D eigenvalue weighted by Crippen LogP contribution is 2.38. The number of hydrogen-bond acceptors (Lipinski definition) is 3. The predicted molar refractivity (Wildman–Crippen MR) is 72.8 cm³/mol. The number of carbonyl (C=O) groups is 2. The molecule has 3 rings (SSSR count). The maximum absolute atomic E-state index is 12.5. The molecule has 0 bridgehead atoms. The van der Waals surface area contributed by atoms with Gasteiger partial charge in [0.1, 0.15) is 6.10 Å². The Morgan fingerprint density at radius 2 is 2.15 bits per heavy atom. The lowest BCUT2D eigenvalue weighted by molar-refractivity contribution is -0.137. The number of anilines is 1. The number of ether oxygens (including phenoxy) is 1. The third-order valence-corrected chi connectivity index (χ3v) is 3.96. The van der Waals surface area contributed by atoms with E-state index in [1.165, 1.54) is 0 Å². The van der Waals surface area contributed by atoms with Gasteiger partial charge in [0, 0.05) is 24.8 Å². The standard InChI is InChI=1S/C15H17NO4/c17-14(18)8-10-9-16(12-5-2-1-4-11(10)12)15(19)13-6-3-7-20-13/h1-2,4-5,10,13H,3,6-9H2,(H,17,18)/t10?,13-/m0/s1. The van der Waals surface area contributed by atoms with Gasteiger partial charge in [-0.1, -0.05) is 18.2 Å². The van der Waals surface area contributed by atoms with E-state index in [2.05, 4.69) is 0 Å². The van der Waals surface area contributed by atoms with E-state index in [1.54, 1.807) is 4.90 Å². The second kappa shape index (κ2) is 5.25. The number of fused-ring (bicyclic) bond motifs is 1. The van der Waals surface area contributed by atoms with E-state index < -0.39 is 5.97 Å². The number of benzene rings is 1. The molecule has 1 aromatic carbocycles. The van der Waals surface area contributed by atoms with Gasteiger partial charge < -0.3 is 14.7 Å². The highest BCUT2D eigenvalue weighted by atomic mass is 16.5. The normalized spacial score (nSPS) is 24.7. The van der Waals surface area contributed by atoms with Gasteiger partial charge in [-0.2, -0.15) is 0 Å². The van der Waals surface area contributed by atoms with Crippen molar-refractivity contribution < 1.29 is 19.4 Å². The largest absolute Gasteiger partial charge is 0.481 e. The molecule has 0 spiro atoms. The quantitative estimate of drug-likeness (QED) is 0.913. The molecule has 1 amide bonds. The molecule has 5 heteroatoms. The van der Waals surface area contributed by atoms with Gasteiger partial charge in [-0.3, -0.25) is 9.59 Å². The fraction of sp³-hybridized carbons (Fsp3) is 0.467. The molecular formula is C15H17NO4. The van der Waals surface area contributed by atoms with Crippen LogP contribution in [0.5, 0.6) is 0 Å². The van der Waals surface area contributed by atoms with Crippen LogP contribution in [0.1, 0.15) is 30.7 Å². The van der Waals surface area contributed by atoms with Crippen LogP contribution in [-0.2, 0) is 14.3 Å². The number of hydrogen-bond donors (Lipinski definition) is 1. The summed E-state index contributed by atoms with van der Waals surface area (Å²) in [5, 5.41) is 9.01. The van der Waals surface area contributed by atoms with Crippen molar-refractivity contribution in [2.45, 2.75) is 31.3 Å². The molecule has 1 saturated heterocycles. The summed E-state index contributed by atoms with van der Waals surface area (Å²) < 4.78 is 5.45. The number of amides is 1. The number of carboxylic acid groups (broad SMARTS) is 1. The van der Waals surface area contributed by atoms with Crippen LogP contribution in [0.4, 0.5) is 5.69 Å². The van der Waals surface area contributed by atoms with Gasteiger partial charge in [0.25, 0.3) is 5.91 Å². The molecule has 1 fully saturated rings. The van der Waals surface area contributed by atoms with Crippen LogP contribution in [0.3, 0.4) is 0 Å². The summed E-state index contributed by atoms with van der Waals surface area (Å²) in [6.45, 7) is 1.06. The lowest BCUT2D eigenvalue weighted by Crippen LogP contribution is -2.38. The molecule has 2 aliphatic heterocycles. The third-order valence-electron chi connectivity index (χ3n) is 3.96. The van der Waals surface area contributed by atoms with Crippen molar-refractivity contribution in [3.05, 3.63) is 29.8 Å². The van der Waals surface area contributed by atoms with E-state index in [4.69, 9.17) is 9.84 Å². The van der Waals surface area contributed by atoms with Crippen LogP contribution >= 0.6 is 0 Å². The van der Waals surface area contributed by atoms with Gasteiger partial charge >= 0.3 is 5.97 Å². The van der Waals surface area contributed by atoms with Crippen molar-refractivity contribution in [1.29, 1.82) is 0 Å². The molecule has 1 aromatic rings. The first-order valence-corrected chi connectivity index (χ1v) is 6.90. The first-order valence-electron chi connectivity index (χ1n) is 6.90. The van der Waals surface area contributed by atoms with E-state index in [0.29, 0.717) is 13.2 Å². The first kappa shape index (κ1) is 13.1. The summed E-state index contributed by atoms with van der Waals surface area (Å²) in [5.41, 5.74) is 1.78. The smallest absolute Gasteiger partial charge is 0.304 e. The summed E-state index contributed by atoms with van der Waals surface area (Å²) in [5.74, 6) is -1.01. The SMILES string of the molecule is O=C(O)CC1CN(C(=O)[C@@H]2CCCO2)c2ccccc21. The van der Waals surface area contributed by atoms with Crippen molar-refractivity contribution in [2.24, 2.45) is 0 Å². The van der Waals surface area contributed by atoms with E-state index in [-0.39, 0.29) is 24.3 Å². The Kier molecular flexibility index (Phi) is 3.44. The van der Waals surface area contributed by atoms with Crippen LogP contribution in [0.2, 0.25) is 0 Å². The zero-order chi connectivity index (χ0) is 14.1. The van der Waals surface area contributed by atoms with Crippen molar-refractivity contribution in [1.82, 2.24) is 0 Å². The average molecular weight is 275 g/mol. The molecule has 0 radical (unpaired) electrons. The topological polar surface area (TPSA) is 66.8 Å². The van der Waals surface area contributed by atoms with Crippen LogP contribution in [0.15, 0.2) is 24.3 Å². The van der Waals surface area contributed by atoms with Gasteiger partial charge in [-0.15, -0.1) is 0 Å². The lowest BCUT2D eigenvalue weighted by atomic mass is 9.98. The molecule has 2 atom stereocenters. The Balaban J connectivity index is 1.86. The minimum atomic E-state index is -0.837. The molecular weight excluding hydrogens is 258 g/mol. The van der Waals surface area contributed by atoms with Crippen molar-refractivity contribution in [2.75, 3.05) is 18.1 Å².